The van der Waals surface area contributed by atoms with Crippen molar-refractivity contribution < 1.29 is 14.7 Å². The number of carbonyl (C=O) groups is 2. The van der Waals surface area contributed by atoms with E-state index in [9.17, 15) is 9.59 Å². The van der Waals surface area contributed by atoms with Gasteiger partial charge in [0, 0.05) is 32.1 Å². The van der Waals surface area contributed by atoms with Crippen LogP contribution in [0.15, 0.2) is 0 Å². The third-order valence-electron chi connectivity index (χ3n) is 4.75. The van der Waals surface area contributed by atoms with E-state index in [2.05, 4.69) is 11.8 Å². The molecule has 2 aliphatic heterocycles. The summed E-state index contributed by atoms with van der Waals surface area (Å²) in [4.78, 5) is 27.3. The quantitative estimate of drug-likeness (QED) is 0.850. The number of carboxylic acids is 1. The van der Waals surface area contributed by atoms with Crippen LogP contribution in [0.2, 0.25) is 0 Å². The predicted molar refractivity (Wildman–Crippen MR) is 76.4 cm³/mol. The molecule has 2 fully saturated rings. The van der Waals surface area contributed by atoms with Gasteiger partial charge in [-0.1, -0.05) is 6.42 Å². The van der Waals surface area contributed by atoms with Crippen LogP contribution < -0.4 is 0 Å². The Hall–Kier alpha value is -1.10. The van der Waals surface area contributed by atoms with Crippen molar-refractivity contribution in [2.24, 2.45) is 5.92 Å². The van der Waals surface area contributed by atoms with Crippen LogP contribution in [0.4, 0.5) is 0 Å². The second kappa shape index (κ2) is 7.07. The fraction of sp³-hybridized carbons (Fsp3) is 0.867. The van der Waals surface area contributed by atoms with Crippen molar-refractivity contribution in [2.75, 3.05) is 26.2 Å². The molecule has 2 aliphatic rings. The Bertz CT molecular complexity index is 351. The van der Waals surface area contributed by atoms with Gasteiger partial charge in [-0.3, -0.25) is 9.59 Å². The molecule has 1 amide bonds. The molecule has 5 nitrogen and oxygen atoms in total. The van der Waals surface area contributed by atoms with Crippen molar-refractivity contribution in [2.45, 2.75) is 51.5 Å². The molecule has 0 spiro atoms. The summed E-state index contributed by atoms with van der Waals surface area (Å²) < 4.78 is 0. The molecule has 0 aromatic carbocycles. The second-order valence-electron chi connectivity index (χ2n) is 6.12. The van der Waals surface area contributed by atoms with Gasteiger partial charge in [0.05, 0.1) is 5.92 Å². The highest BCUT2D eigenvalue weighted by molar-refractivity contribution is 5.77. The summed E-state index contributed by atoms with van der Waals surface area (Å²) in [6.07, 6.45) is 5.54. The maximum atomic E-state index is 12.2. The van der Waals surface area contributed by atoms with Crippen LogP contribution in [-0.2, 0) is 9.59 Å². The van der Waals surface area contributed by atoms with Gasteiger partial charge in [-0.2, -0.15) is 0 Å². The Morgan fingerprint density at radius 2 is 1.80 bits per heavy atom. The number of amides is 1. The lowest BCUT2D eigenvalue weighted by Crippen LogP contribution is -2.43. The molecule has 0 aromatic rings. The summed E-state index contributed by atoms with van der Waals surface area (Å²) in [5.41, 5.74) is 0. The summed E-state index contributed by atoms with van der Waals surface area (Å²) in [5.74, 6) is -0.799. The van der Waals surface area contributed by atoms with Crippen molar-refractivity contribution in [3.05, 3.63) is 0 Å². The Kier molecular flexibility index (Phi) is 5.40. The van der Waals surface area contributed by atoms with Crippen LogP contribution in [0.3, 0.4) is 0 Å². The Morgan fingerprint density at radius 3 is 2.40 bits per heavy atom. The predicted octanol–water partition coefficient (Wildman–Crippen LogP) is 1.57. The number of hydrogen-bond donors (Lipinski definition) is 1. The Balaban J connectivity index is 1.71. The zero-order valence-corrected chi connectivity index (χ0v) is 12.4. The molecule has 2 rings (SSSR count). The molecule has 2 heterocycles. The number of nitrogens with zero attached hydrogens (tertiary/aromatic N) is 2. The summed E-state index contributed by atoms with van der Waals surface area (Å²) >= 11 is 0. The second-order valence-corrected chi connectivity index (χ2v) is 6.12. The molecule has 1 atom stereocenters. The highest BCUT2D eigenvalue weighted by Crippen LogP contribution is 2.19. The van der Waals surface area contributed by atoms with Gasteiger partial charge in [0.2, 0.25) is 5.91 Å². The van der Waals surface area contributed by atoms with Gasteiger partial charge in [0.1, 0.15) is 0 Å². The van der Waals surface area contributed by atoms with Gasteiger partial charge in [0.15, 0.2) is 0 Å². The van der Waals surface area contributed by atoms with Gasteiger partial charge < -0.3 is 14.9 Å². The first-order chi connectivity index (χ1) is 9.58. The summed E-state index contributed by atoms with van der Waals surface area (Å²) in [7, 11) is 0. The fourth-order valence-corrected chi connectivity index (χ4v) is 3.26. The van der Waals surface area contributed by atoms with Crippen LogP contribution in [0.1, 0.15) is 45.4 Å². The van der Waals surface area contributed by atoms with Crippen LogP contribution in [0, 0.1) is 5.92 Å². The topological polar surface area (TPSA) is 60.9 Å². The van der Waals surface area contributed by atoms with Crippen molar-refractivity contribution in [3.63, 3.8) is 0 Å². The number of rotatable bonds is 4. The number of hydrogen-bond acceptors (Lipinski definition) is 3. The van der Waals surface area contributed by atoms with Gasteiger partial charge in [0.25, 0.3) is 0 Å². The number of carbonyl (C=O) groups excluding carboxylic acids is 1. The largest absolute Gasteiger partial charge is 0.481 e. The number of piperidine rings is 2. The average molecular weight is 282 g/mol. The van der Waals surface area contributed by atoms with Crippen molar-refractivity contribution in [1.82, 2.24) is 9.80 Å². The van der Waals surface area contributed by atoms with E-state index in [0.717, 1.165) is 13.1 Å². The van der Waals surface area contributed by atoms with E-state index in [4.69, 9.17) is 5.11 Å². The SMILES string of the molecule is CC1CCCCN1CCC(=O)N1CCC(C(=O)O)CC1. The van der Waals surface area contributed by atoms with Crippen LogP contribution >= 0.6 is 0 Å². The first-order valence-electron chi connectivity index (χ1n) is 7.82. The molecule has 20 heavy (non-hydrogen) atoms. The van der Waals surface area contributed by atoms with E-state index in [1.165, 1.54) is 19.3 Å². The Labute approximate surface area is 120 Å². The van der Waals surface area contributed by atoms with E-state index in [-0.39, 0.29) is 11.8 Å². The van der Waals surface area contributed by atoms with Crippen molar-refractivity contribution in [1.29, 1.82) is 0 Å². The number of carboxylic acid groups (broad SMARTS) is 1. The molecule has 0 saturated carbocycles. The van der Waals surface area contributed by atoms with E-state index < -0.39 is 5.97 Å². The van der Waals surface area contributed by atoms with Crippen molar-refractivity contribution >= 4 is 11.9 Å². The molecule has 0 aromatic heterocycles. The molecule has 0 radical (unpaired) electrons. The first-order valence-corrected chi connectivity index (χ1v) is 7.82. The molecule has 2 saturated heterocycles. The molecule has 5 heteroatoms. The number of likely N-dealkylation sites (tertiary alicyclic amines) is 2. The highest BCUT2D eigenvalue weighted by Gasteiger charge is 2.27. The molecule has 1 N–H and O–H groups in total. The zero-order valence-electron chi connectivity index (χ0n) is 12.4. The molecule has 114 valence electrons. The van der Waals surface area contributed by atoms with Gasteiger partial charge in [-0.25, -0.2) is 0 Å². The van der Waals surface area contributed by atoms with Crippen LogP contribution in [0.25, 0.3) is 0 Å². The van der Waals surface area contributed by atoms with Gasteiger partial charge >= 0.3 is 5.97 Å². The van der Waals surface area contributed by atoms with Crippen molar-refractivity contribution in [3.8, 4) is 0 Å². The highest BCUT2D eigenvalue weighted by atomic mass is 16.4. The summed E-state index contributed by atoms with van der Waals surface area (Å²) in [5, 5.41) is 8.96. The maximum Gasteiger partial charge on any atom is 0.306 e. The lowest BCUT2D eigenvalue weighted by atomic mass is 9.97. The summed E-state index contributed by atoms with van der Waals surface area (Å²) in [6.45, 7) is 5.40. The third kappa shape index (κ3) is 3.95. The monoisotopic (exact) mass is 282 g/mol. The molecule has 0 bridgehead atoms. The van der Waals surface area contributed by atoms with E-state index in [1.54, 1.807) is 0 Å². The zero-order chi connectivity index (χ0) is 14.5. The standard InChI is InChI=1S/C15H26N2O3/c1-12-4-2-3-8-16(12)11-7-14(18)17-9-5-13(6-10-17)15(19)20/h12-13H,2-11H2,1H3,(H,19,20). The third-order valence-corrected chi connectivity index (χ3v) is 4.75. The smallest absolute Gasteiger partial charge is 0.306 e. The minimum atomic E-state index is -0.723. The van der Waals surface area contributed by atoms with Crippen LogP contribution in [0.5, 0.6) is 0 Å². The lowest BCUT2D eigenvalue weighted by Gasteiger charge is -2.34. The van der Waals surface area contributed by atoms with E-state index in [0.29, 0.717) is 38.4 Å². The molecule has 1 unspecified atom stereocenters. The normalized spacial score (nSPS) is 25.6. The van der Waals surface area contributed by atoms with E-state index >= 15 is 0 Å². The van der Waals surface area contributed by atoms with Gasteiger partial charge in [-0.05, 0) is 39.2 Å². The van der Waals surface area contributed by atoms with E-state index in [1.807, 2.05) is 4.90 Å². The maximum absolute atomic E-state index is 12.2. The molecular formula is C15H26N2O3. The van der Waals surface area contributed by atoms with Gasteiger partial charge in [-0.15, -0.1) is 0 Å². The number of aliphatic carboxylic acids is 1. The Morgan fingerprint density at radius 1 is 1.10 bits per heavy atom. The first kappa shape index (κ1) is 15.3. The minimum absolute atomic E-state index is 0.187. The van der Waals surface area contributed by atoms with Crippen LogP contribution in [-0.4, -0.2) is 59.0 Å². The average Bonchev–Trinajstić information content (AvgIpc) is 2.46. The summed E-state index contributed by atoms with van der Waals surface area (Å²) in [6, 6.07) is 0.592. The lowest BCUT2D eigenvalue weighted by molar-refractivity contribution is -0.145. The molecule has 0 aliphatic carbocycles. The minimum Gasteiger partial charge on any atom is -0.481 e. The fourth-order valence-electron chi connectivity index (χ4n) is 3.26. The molecular weight excluding hydrogens is 256 g/mol.